The molecule has 8 nitrogen and oxygen atoms in total. The number of nitrogens with zero attached hydrogens (tertiary/aromatic N) is 4. The molecule has 4 rings (SSSR count). The Labute approximate surface area is 154 Å². The molecule has 1 saturated heterocycles. The number of rotatable bonds is 3. The highest BCUT2D eigenvalue weighted by molar-refractivity contribution is 7.99. The molecule has 2 aliphatic rings. The molecule has 2 aromatic heterocycles. The van der Waals surface area contributed by atoms with Crippen molar-refractivity contribution in [1.82, 2.24) is 24.8 Å². The first-order valence-corrected chi connectivity index (χ1v) is 9.66. The van der Waals surface area contributed by atoms with Crippen LogP contribution in [0, 0.1) is 0 Å². The third-order valence-corrected chi connectivity index (χ3v) is 6.01. The van der Waals surface area contributed by atoms with Crippen molar-refractivity contribution in [1.29, 1.82) is 0 Å². The van der Waals surface area contributed by atoms with E-state index in [1.807, 2.05) is 28.8 Å². The van der Waals surface area contributed by atoms with Crippen LogP contribution in [0.1, 0.15) is 32.1 Å². The summed E-state index contributed by atoms with van der Waals surface area (Å²) in [5, 5.41) is 11.2. The summed E-state index contributed by atoms with van der Waals surface area (Å²) in [7, 11) is 0. The Bertz CT molecular complexity index is 874. The highest BCUT2D eigenvalue weighted by Crippen LogP contribution is 2.36. The van der Waals surface area contributed by atoms with Crippen LogP contribution in [-0.4, -0.2) is 55.1 Å². The minimum atomic E-state index is -0.878. The average molecular weight is 373 g/mol. The maximum absolute atomic E-state index is 12.9. The van der Waals surface area contributed by atoms with Crippen molar-refractivity contribution in [2.24, 2.45) is 0 Å². The maximum Gasteiger partial charge on any atom is 0.252 e. The van der Waals surface area contributed by atoms with E-state index in [2.05, 4.69) is 15.5 Å². The second-order valence-corrected chi connectivity index (χ2v) is 7.59. The average Bonchev–Trinajstić information content (AvgIpc) is 3.07. The summed E-state index contributed by atoms with van der Waals surface area (Å²) in [6, 6.07) is 5.57. The van der Waals surface area contributed by atoms with Crippen LogP contribution in [0.3, 0.4) is 0 Å². The number of amides is 3. The van der Waals surface area contributed by atoms with E-state index >= 15 is 0 Å². The molecule has 3 amide bonds. The molecule has 9 heteroatoms. The largest absolute Gasteiger partial charge is 0.318 e. The highest BCUT2D eigenvalue weighted by Gasteiger charge is 2.50. The van der Waals surface area contributed by atoms with Gasteiger partial charge in [0.1, 0.15) is 12.1 Å². The van der Waals surface area contributed by atoms with Gasteiger partial charge in [-0.2, -0.15) is 0 Å². The van der Waals surface area contributed by atoms with E-state index in [1.54, 1.807) is 0 Å². The summed E-state index contributed by atoms with van der Waals surface area (Å²) >= 11 is 1.26. The van der Waals surface area contributed by atoms with Crippen LogP contribution in [0.15, 0.2) is 29.6 Å². The van der Waals surface area contributed by atoms with E-state index < -0.39 is 11.4 Å². The van der Waals surface area contributed by atoms with E-state index in [1.165, 1.54) is 16.7 Å². The van der Waals surface area contributed by atoms with Crippen molar-refractivity contribution < 1.29 is 14.4 Å². The fourth-order valence-electron chi connectivity index (χ4n) is 3.78. The Morgan fingerprint density at radius 3 is 2.81 bits per heavy atom. The molecule has 0 radical (unpaired) electrons. The minimum Gasteiger partial charge on any atom is -0.318 e. The predicted octanol–water partition coefficient (Wildman–Crippen LogP) is 1.01. The number of piperazine rings is 1. The number of nitrogens with one attached hydrogen (secondary N) is 1. The van der Waals surface area contributed by atoms with Gasteiger partial charge in [0.25, 0.3) is 5.91 Å². The van der Waals surface area contributed by atoms with Gasteiger partial charge in [0, 0.05) is 6.20 Å². The molecule has 1 aliphatic carbocycles. The monoisotopic (exact) mass is 373 g/mol. The molecule has 26 heavy (non-hydrogen) atoms. The predicted molar refractivity (Wildman–Crippen MR) is 94.4 cm³/mol. The molecule has 1 aliphatic heterocycles. The molecule has 0 bridgehead atoms. The fraction of sp³-hybridized carbons (Fsp3) is 0.471. The van der Waals surface area contributed by atoms with Gasteiger partial charge in [0.2, 0.25) is 11.8 Å². The lowest BCUT2D eigenvalue weighted by atomic mass is 9.78. The van der Waals surface area contributed by atoms with Crippen LogP contribution in [0.25, 0.3) is 5.65 Å². The number of pyridine rings is 1. The van der Waals surface area contributed by atoms with Crippen molar-refractivity contribution in [3.8, 4) is 0 Å². The molecule has 0 unspecified atom stereocenters. The number of carbonyl (C=O) groups excluding carboxylic acids is 3. The second kappa shape index (κ2) is 6.71. The minimum absolute atomic E-state index is 0.0638. The van der Waals surface area contributed by atoms with Gasteiger partial charge < -0.3 is 4.90 Å². The summed E-state index contributed by atoms with van der Waals surface area (Å²) in [4.78, 5) is 38.8. The molecule has 2 aromatic rings. The van der Waals surface area contributed by atoms with Crippen molar-refractivity contribution in [2.45, 2.75) is 42.8 Å². The first kappa shape index (κ1) is 17.0. The SMILES string of the molecule is O=C1CN(C(=O)CSc2nnc3ccccn23)C2(CCCCC2)C(=O)N1. The van der Waals surface area contributed by atoms with Crippen molar-refractivity contribution >= 4 is 35.1 Å². The molecular weight excluding hydrogens is 354 g/mol. The fourth-order valence-corrected chi connectivity index (χ4v) is 4.58. The first-order chi connectivity index (χ1) is 12.6. The smallest absolute Gasteiger partial charge is 0.252 e. The third kappa shape index (κ3) is 2.86. The number of aromatic nitrogens is 3. The van der Waals surface area contributed by atoms with Gasteiger partial charge in [-0.3, -0.25) is 24.1 Å². The molecule has 1 saturated carbocycles. The molecular formula is C17H19N5O3S. The zero-order chi connectivity index (χ0) is 18.1. The molecule has 3 heterocycles. The first-order valence-electron chi connectivity index (χ1n) is 8.67. The van der Waals surface area contributed by atoms with E-state index in [4.69, 9.17) is 0 Å². The molecule has 0 aromatic carbocycles. The number of thioether (sulfide) groups is 1. The molecule has 1 spiro atoms. The van der Waals surface area contributed by atoms with Crippen LogP contribution in [0.2, 0.25) is 0 Å². The van der Waals surface area contributed by atoms with Gasteiger partial charge in [-0.05, 0) is 25.0 Å². The molecule has 2 fully saturated rings. The van der Waals surface area contributed by atoms with Gasteiger partial charge in [-0.1, -0.05) is 37.1 Å². The number of imide groups is 1. The lowest BCUT2D eigenvalue weighted by Crippen LogP contribution is -2.69. The van der Waals surface area contributed by atoms with Crippen LogP contribution in [-0.2, 0) is 14.4 Å². The standard InChI is InChI=1S/C17H19N5O3S/c23-13-10-22(17(15(25)18-13)7-3-1-4-8-17)14(24)11-26-16-20-19-12-6-2-5-9-21(12)16/h2,5-6,9H,1,3-4,7-8,10-11H2,(H,18,23,25). The summed E-state index contributed by atoms with van der Waals surface area (Å²) in [5.74, 6) is -0.858. The lowest BCUT2D eigenvalue weighted by molar-refractivity contribution is -0.158. The summed E-state index contributed by atoms with van der Waals surface area (Å²) in [5.41, 5.74) is -0.171. The lowest BCUT2D eigenvalue weighted by Gasteiger charge is -2.47. The number of hydrogen-bond acceptors (Lipinski definition) is 6. The van der Waals surface area contributed by atoms with E-state index in [9.17, 15) is 14.4 Å². The topological polar surface area (TPSA) is 96.7 Å². The molecule has 1 N–H and O–H groups in total. The van der Waals surface area contributed by atoms with Crippen LogP contribution >= 0.6 is 11.8 Å². The number of fused-ring (bicyclic) bond motifs is 1. The van der Waals surface area contributed by atoms with Crippen molar-refractivity contribution in [3.05, 3.63) is 24.4 Å². The van der Waals surface area contributed by atoms with Crippen LogP contribution in [0.5, 0.6) is 0 Å². The van der Waals surface area contributed by atoms with Gasteiger partial charge in [-0.15, -0.1) is 10.2 Å². The number of carbonyl (C=O) groups is 3. The van der Waals surface area contributed by atoms with E-state index in [-0.39, 0.29) is 24.1 Å². The second-order valence-electron chi connectivity index (χ2n) is 6.65. The van der Waals surface area contributed by atoms with Crippen LogP contribution < -0.4 is 5.32 Å². The normalized spacial score (nSPS) is 19.8. The maximum atomic E-state index is 12.9. The van der Waals surface area contributed by atoms with Crippen LogP contribution in [0.4, 0.5) is 0 Å². The van der Waals surface area contributed by atoms with E-state index in [0.717, 1.165) is 19.3 Å². The van der Waals surface area contributed by atoms with Gasteiger partial charge in [0.15, 0.2) is 10.8 Å². The summed E-state index contributed by atoms with van der Waals surface area (Å²) < 4.78 is 1.81. The molecule has 136 valence electrons. The summed E-state index contributed by atoms with van der Waals surface area (Å²) in [6.45, 7) is -0.0638. The van der Waals surface area contributed by atoms with E-state index in [0.29, 0.717) is 23.6 Å². The van der Waals surface area contributed by atoms with Crippen molar-refractivity contribution in [3.63, 3.8) is 0 Å². The Morgan fingerprint density at radius 2 is 2.00 bits per heavy atom. The Balaban J connectivity index is 1.53. The quantitative estimate of drug-likeness (QED) is 0.637. The Hall–Kier alpha value is -2.42. The Kier molecular flexibility index (Phi) is 4.39. The van der Waals surface area contributed by atoms with Gasteiger partial charge in [0.05, 0.1) is 5.75 Å². The zero-order valence-electron chi connectivity index (χ0n) is 14.2. The zero-order valence-corrected chi connectivity index (χ0v) is 15.0. The van der Waals surface area contributed by atoms with Crippen molar-refractivity contribution in [2.75, 3.05) is 12.3 Å². The van der Waals surface area contributed by atoms with Gasteiger partial charge in [-0.25, -0.2) is 0 Å². The van der Waals surface area contributed by atoms with Gasteiger partial charge >= 0.3 is 0 Å². The molecule has 0 atom stereocenters. The third-order valence-electron chi connectivity index (χ3n) is 5.08. The number of hydrogen-bond donors (Lipinski definition) is 1. The highest BCUT2D eigenvalue weighted by atomic mass is 32.2. The summed E-state index contributed by atoms with van der Waals surface area (Å²) in [6.07, 6.45) is 5.86. The Morgan fingerprint density at radius 1 is 1.19 bits per heavy atom.